The van der Waals surface area contributed by atoms with E-state index in [1.807, 2.05) is 0 Å². The topological polar surface area (TPSA) is 15.3 Å². The van der Waals surface area contributed by atoms with E-state index in [0.717, 1.165) is 12.0 Å². The van der Waals surface area contributed by atoms with Gasteiger partial charge in [-0.3, -0.25) is 4.90 Å². The van der Waals surface area contributed by atoms with Gasteiger partial charge in [0.15, 0.2) is 0 Å². The smallest absolute Gasteiger partial charge is 0.0220 e. The van der Waals surface area contributed by atoms with Crippen molar-refractivity contribution in [3.63, 3.8) is 0 Å². The lowest BCUT2D eigenvalue weighted by atomic mass is 9.96. The predicted molar refractivity (Wildman–Crippen MR) is 81.0 cm³/mol. The lowest BCUT2D eigenvalue weighted by Gasteiger charge is -2.39. The summed E-state index contributed by atoms with van der Waals surface area (Å²) in [6.07, 6.45) is 5.15. The van der Waals surface area contributed by atoms with Crippen molar-refractivity contribution in [2.24, 2.45) is 5.92 Å². The summed E-state index contributed by atoms with van der Waals surface area (Å²) in [5, 5.41) is 3.90. The molecular formula is C16H34N2. The summed E-state index contributed by atoms with van der Waals surface area (Å²) in [6.45, 7) is 16.6. The van der Waals surface area contributed by atoms with Crippen LogP contribution in [0.15, 0.2) is 0 Å². The molecule has 0 aromatic heterocycles. The van der Waals surface area contributed by atoms with Crippen molar-refractivity contribution in [3.05, 3.63) is 0 Å². The van der Waals surface area contributed by atoms with E-state index < -0.39 is 0 Å². The molecule has 0 aromatic rings. The van der Waals surface area contributed by atoms with E-state index in [1.165, 1.54) is 38.8 Å². The molecule has 1 heterocycles. The Morgan fingerprint density at radius 3 is 2.44 bits per heavy atom. The first-order valence-corrected chi connectivity index (χ1v) is 7.91. The second-order valence-electron chi connectivity index (χ2n) is 6.90. The van der Waals surface area contributed by atoms with Crippen LogP contribution in [0.1, 0.15) is 67.2 Å². The molecule has 0 aliphatic carbocycles. The monoisotopic (exact) mass is 254 g/mol. The zero-order valence-electron chi connectivity index (χ0n) is 13.4. The summed E-state index contributed by atoms with van der Waals surface area (Å²) in [5.74, 6) is 0.720. The number of hydrogen-bond donors (Lipinski definition) is 1. The van der Waals surface area contributed by atoms with Gasteiger partial charge in [0.25, 0.3) is 0 Å². The summed E-state index contributed by atoms with van der Waals surface area (Å²) in [5.41, 5.74) is 0.343. The first-order chi connectivity index (χ1) is 8.40. The third-order valence-electron chi connectivity index (χ3n) is 4.78. The minimum atomic E-state index is 0.343. The molecule has 0 spiro atoms. The maximum Gasteiger partial charge on any atom is 0.0220 e. The lowest BCUT2D eigenvalue weighted by molar-refractivity contribution is 0.107. The highest BCUT2D eigenvalue weighted by Crippen LogP contribution is 2.24. The summed E-state index contributed by atoms with van der Waals surface area (Å²) in [4.78, 5) is 2.71. The van der Waals surface area contributed by atoms with Crippen LogP contribution in [0.25, 0.3) is 0 Å². The van der Waals surface area contributed by atoms with Gasteiger partial charge in [0.2, 0.25) is 0 Å². The minimum Gasteiger partial charge on any atom is -0.310 e. The van der Waals surface area contributed by atoms with Gasteiger partial charge >= 0.3 is 0 Å². The quantitative estimate of drug-likeness (QED) is 0.805. The Morgan fingerprint density at radius 1 is 1.28 bits per heavy atom. The molecule has 0 radical (unpaired) electrons. The third kappa shape index (κ3) is 4.24. The Hall–Kier alpha value is -0.0800. The Labute approximate surface area is 115 Å². The molecule has 18 heavy (non-hydrogen) atoms. The average molecular weight is 254 g/mol. The van der Waals surface area contributed by atoms with Crippen LogP contribution < -0.4 is 5.32 Å². The van der Waals surface area contributed by atoms with Gasteiger partial charge < -0.3 is 5.32 Å². The number of hydrogen-bond acceptors (Lipinski definition) is 2. The Balaban J connectivity index is 2.74. The van der Waals surface area contributed by atoms with Gasteiger partial charge in [-0.25, -0.2) is 0 Å². The first-order valence-electron chi connectivity index (χ1n) is 7.91. The minimum absolute atomic E-state index is 0.343. The molecule has 1 N–H and O–H groups in total. The van der Waals surface area contributed by atoms with E-state index in [1.54, 1.807) is 0 Å². The summed E-state index contributed by atoms with van der Waals surface area (Å²) in [7, 11) is 0. The molecule has 0 saturated carbocycles. The normalized spacial score (nSPS) is 27.5. The van der Waals surface area contributed by atoms with E-state index in [4.69, 9.17) is 0 Å². The van der Waals surface area contributed by atoms with Crippen molar-refractivity contribution >= 4 is 0 Å². The van der Waals surface area contributed by atoms with Crippen LogP contribution in [0.3, 0.4) is 0 Å². The molecule has 2 nitrogen and oxygen atoms in total. The van der Waals surface area contributed by atoms with Gasteiger partial charge in [-0.15, -0.1) is 0 Å². The van der Waals surface area contributed by atoms with E-state index in [9.17, 15) is 0 Å². The summed E-state index contributed by atoms with van der Waals surface area (Å²) in [6, 6.07) is 1.37. The van der Waals surface area contributed by atoms with Crippen LogP contribution in [0.4, 0.5) is 0 Å². The van der Waals surface area contributed by atoms with Gasteiger partial charge in [0.05, 0.1) is 0 Å². The van der Waals surface area contributed by atoms with Gasteiger partial charge in [-0.1, -0.05) is 34.1 Å². The molecule has 0 aromatic carbocycles. The van der Waals surface area contributed by atoms with E-state index in [0.29, 0.717) is 11.6 Å². The fourth-order valence-corrected chi connectivity index (χ4v) is 2.83. The van der Waals surface area contributed by atoms with Gasteiger partial charge in [-0.2, -0.15) is 0 Å². The molecule has 1 rings (SSSR count). The maximum absolute atomic E-state index is 3.90. The standard InChI is InChI=1S/C16H34N2/c1-7-9-14-10-11-18(16(5,6)8-2)12-15(17-14)13(3)4/h13-15,17H,7-12H2,1-6H3. The van der Waals surface area contributed by atoms with Crippen LogP contribution in [-0.2, 0) is 0 Å². The van der Waals surface area contributed by atoms with Crippen molar-refractivity contribution in [2.75, 3.05) is 13.1 Å². The molecule has 0 bridgehead atoms. The Bertz CT molecular complexity index is 235. The zero-order chi connectivity index (χ0) is 13.8. The molecule has 0 amide bonds. The first kappa shape index (κ1) is 16.0. The highest BCUT2D eigenvalue weighted by atomic mass is 15.2. The fourth-order valence-electron chi connectivity index (χ4n) is 2.83. The van der Waals surface area contributed by atoms with Gasteiger partial charge in [0, 0.05) is 30.7 Å². The largest absolute Gasteiger partial charge is 0.310 e. The lowest BCUT2D eigenvalue weighted by Crippen LogP contribution is -2.50. The van der Waals surface area contributed by atoms with Crippen molar-refractivity contribution in [1.29, 1.82) is 0 Å². The Kier molecular flexibility index (Phi) is 6.13. The Morgan fingerprint density at radius 2 is 1.94 bits per heavy atom. The highest BCUT2D eigenvalue weighted by Gasteiger charge is 2.31. The summed E-state index contributed by atoms with van der Waals surface area (Å²) < 4.78 is 0. The second-order valence-corrected chi connectivity index (χ2v) is 6.90. The third-order valence-corrected chi connectivity index (χ3v) is 4.78. The van der Waals surface area contributed by atoms with Crippen molar-refractivity contribution in [2.45, 2.75) is 84.8 Å². The fraction of sp³-hybridized carbons (Fsp3) is 1.00. The highest BCUT2D eigenvalue weighted by molar-refractivity contribution is 4.90. The number of nitrogens with zero attached hydrogens (tertiary/aromatic N) is 1. The van der Waals surface area contributed by atoms with Crippen LogP contribution in [0.2, 0.25) is 0 Å². The van der Waals surface area contributed by atoms with Crippen LogP contribution >= 0.6 is 0 Å². The maximum atomic E-state index is 3.90. The van der Waals surface area contributed by atoms with Crippen molar-refractivity contribution < 1.29 is 0 Å². The van der Waals surface area contributed by atoms with Crippen molar-refractivity contribution in [3.8, 4) is 0 Å². The predicted octanol–water partition coefficient (Wildman–Crippen LogP) is 3.66. The number of nitrogens with one attached hydrogen (secondary N) is 1. The molecule has 1 aliphatic rings. The molecule has 1 fully saturated rings. The average Bonchev–Trinajstić information content (AvgIpc) is 2.53. The second kappa shape index (κ2) is 6.91. The number of rotatable bonds is 5. The molecule has 2 atom stereocenters. The van der Waals surface area contributed by atoms with Crippen molar-refractivity contribution in [1.82, 2.24) is 10.2 Å². The molecule has 108 valence electrons. The molecule has 1 aliphatic heterocycles. The zero-order valence-corrected chi connectivity index (χ0v) is 13.4. The van der Waals surface area contributed by atoms with E-state index in [-0.39, 0.29) is 0 Å². The molecule has 1 saturated heterocycles. The molecule has 2 unspecified atom stereocenters. The molecular weight excluding hydrogens is 220 g/mol. The van der Waals surface area contributed by atoms with Gasteiger partial charge in [0.1, 0.15) is 0 Å². The van der Waals surface area contributed by atoms with Crippen LogP contribution in [-0.4, -0.2) is 35.6 Å². The SMILES string of the molecule is CCCC1CCN(C(C)(C)CC)CC(C(C)C)N1. The van der Waals surface area contributed by atoms with Crippen LogP contribution in [0, 0.1) is 5.92 Å². The molecule has 2 heteroatoms. The van der Waals surface area contributed by atoms with Gasteiger partial charge in [-0.05, 0) is 39.0 Å². The van der Waals surface area contributed by atoms with E-state index >= 15 is 0 Å². The van der Waals surface area contributed by atoms with E-state index in [2.05, 4.69) is 51.8 Å². The summed E-state index contributed by atoms with van der Waals surface area (Å²) >= 11 is 0. The van der Waals surface area contributed by atoms with Crippen LogP contribution in [0.5, 0.6) is 0 Å².